The monoisotopic (exact) mass is 267 g/mol. The molecule has 0 N–H and O–H groups in total. The number of rotatable bonds is 7. The number of ether oxygens (including phenoxy) is 2. The number of ketones is 1. The Labute approximate surface area is 109 Å². The zero-order valence-corrected chi connectivity index (χ0v) is 10.5. The summed E-state index contributed by atoms with van der Waals surface area (Å²) in [4.78, 5) is 31.7. The van der Waals surface area contributed by atoms with E-state index in [1.807, 2.05) is 0 Å². The minimum atomic E-state index is -0.680. The molecule has 1 aromatic rings. The van der Waals surface area contributed by atoms with Crippen molar-refractivity contribution in [2.75, 3.05) is 13.7 Å². The van der Waals surface area contributed by atoms with Crippen LogP contribution in [0.3, 0.4) is 0 Å². The van der Waals surface area contributed by atoms with Gasteiger partial charge in [-0.05, 0) is 6.92 Å². The highest BCUT2D eigenvalue weighted by Gasteiger charge is 2.19. The maximum Gasteiger partial charge on any atom is 0.283 e. The van der Waals surface area contributed by atoms with Crippen molar-refractivity contribution in [3.63, 3.8) is 0 Å². The van der Waals surface area contributed by atoms with Crippen molar-refractivity contribution in [3.8, 4) is 11.5 Å². The van der Waals surface area contributed by atoms with Gasteiger partial charge in [-0.25, -0.2) is 0 Å². The molecule has 0 radical (unpaired) electrons. The van der Waals surface area contributed by atoms with Crippen LogP contribution in [0, 0.1) is 10.1 Å². The summed E-state index contributed by atoms with van der Waals surface area (Å²) in [5.41, 5.74) is -0.464. The fourth-order valence-corrected chi connectivity index (χ4v) is 1.39. The van der Waals surface area contributed by atoms with Gasteiger partial charge in [0, 0.05) is 12.5 Å². The number of nitro benzene ring substituents is 1. The second-order valence-electron chi connectivity index (χ2n) is 3.74. The molecule has 0 saturated heterocycles. The highest BCUT2D eigenvalue weighted by Crippen LogP contribution is 2.34. The summed E-state index contributed by atoms with van der Waals surface area (Å²) in [6.45, 7) is 1.50. The first-order valence-corrected chi connectivity index (χ1v) is 5.43. The summed E-state index contributed by atoms with van der Waals surface area (Å²) < 4.78 is 10.3. The first-order valence-electron chi connectivity index (χ1n) is 5.43. The van der Waals surface area contributed by atoms with Crippen LogP contribution in [-0.2, 0) is 4.79 Å². The molecular formula is C12H13NO6. The van der Waals surface area contributed by atoms with E-state index in [0.29, 0.717) is 6.29 Å². The highest BCUT2D eigenvalue weighted by atomic mass is 16.6. The summed E-state index contributed by atoms with van der Waals surface area (Å²) in [5, 5.41) is 10.8. The SMILES string of the molecule is COc1cc(C=O)c([N+](=O)[O-])cc1OCCC(C)=O. The van der Waals surface area contributed by atoms with Gasteiger partial charge in [-0.1, -0.05) is 0 Å². The Hall–Kier alpha value is -2.44. The first kappa shape index (κ1) is 14.6. The molecule has 7 heteroatoms. The van der Waals surface area contributed by atoms with Gasteiger partial charge < -0.3 is 9.47 Å². The van der Waals surface area contributed by atoms with Gasteiger partial charge in [0.15, 0.2) is 17.8 Å². The van der Waals surface area contributed by atoms with Crippen LogP contribution in [0.15, 0.2) is 12.1 Å². The Kier molecular flexibility index (Phi) is 4.99. The minimum absolute atomic E-state index is 0.0574. The van der Waals surface area contributed by atoms with Crippen molar-refractivity contribution < 1.29 is 24.0 Å². The van der Waals surface area contributed by atoms with E-state index < -0.39 is 4.92 Å². The molecule has 0 aromatic heterocycles. The molecule has 0 spiro atoms. The summed E-state index contributed by atoms with van der Waals surface area (Å²) in [6.07, 6.45) is 0.562. The number of hydrogen-bond donors (Lipinski definition) is 0. The number of aldehydes is 1. The summed E-state index contributed by atoms with van der Waals surface area (Å²) >= 11 is 0. The molecule has 0 atom stereocenters. The molecule has 0 unspecified atom stereocenters. The second kappa shape index (κ2) is 6.48. The lowest BCUT2D eigenvalue weighted by Crippen LogP contribution is -2.05. The average Bonchev–Trinajstić information content (AvgIpc) is 2.37. The van der Waals surface area contributed by atoms with E-state index in [1.54, 1.807) is 0 Å². The van der Waals surface area contributed by atoms with E-state index in [2.05, 4.69) is 0 Å². The zero-order chi connectivity index (χ0) is 14.4. The number of nitro groups is 1. The highest BCUT2D eigenvalue weighted by molar-refractivity contribution is 5.83. The third-order valence-electron chi connectivity index (χ3n) is 2.35. The van der Waals surface area contributed by atoms with Crippen molar-refractivity contribution in [3.05, 3.63) is 27.8 Å². The largest absolute Gasteiger partial charge is 0.493 e. The summed E-state index contributed by atoms with van der Waals surface area (Å²) in [7, 11) is 1.35. The van der Waals surface area contributed by atoms with E-state index in [-0.39, 0.29) is 41.6 Å². The maximum atomic E-state index is 10.8. The number of nitrogens with zero attached hydrogens (tertiary/aromatic N) is 1. The first-order chi connectivity index (χ1) is 8.99. The Morgan fingerprint density at radius 1 is 1.42 bits per heavy atom. The number of hydrogen-bond acceptors (Lipinski definition) is 6. The van der Waals surface area contributed by atoms with Crippen molar-refractivity contribution in [1.29, 1.82) is 0 Å². The topological polar surface area (TPSA) is 95.7 Å². The molecular weight excluding hydrogens is 254 g/mol. The Bertz CT molecular complexity index is 511. The van der Waals surface area contributed by atoms with E-state index in [9.17, 15) is 19.7 Å². The predicted molar refractivity (Wildman–Crippen MR) is 65.8 cm³/mol. The molecule has 0 amide bonds. The van der Waals surface area contributed by atoms with E-state index in [0.717, 1.165) is 6.07 Å². The normalized spacial score (nSPS) is 9.79. The van der Waals surface area contributed by atoms with Crippen LogP contribution in [0.4, 0.5) is 5.69 Å². The third kappa shape index (κ3) is 3.77. The Morgan fingerprint density at radius 2 is 2.11 bits per heavy atom. The van der Waals surface area contributed by atoms with Crippen LogP contribution < -0.4 is 9.47 Å². The molecule has 0 bridgehead atoms. The molecule has 0 saturated carbocycles. The Morgan fingerprint density at radius 3 is 2.58 bits per heavy atom. The molecule has 7 nitrogen and oxygen atoms in total. The average molecular weight is 267 g/mol. The van der Waals surface area contributed by atoms with Gasteiger partial charge in [0.2, 0.25) is 0 Å². The summed E-state index contributed by atoms with van der Waals surface area (Å²) in [5.74, 6) is 0.273. The fourth-order valence-electron chi connectivity index (χ4n) is 1.39. The van der Waals surface area contributed by atoms with Gasteiger partial charge in [-0.15, -0.1) is 0 Å². The van der Waals surface area contributed by atoms with Gasteiger partial charge >= 0.3 is 0 Å². The summed E-state index contributed by atoms with van der Waals surface area (Å²) in [6, 6.07) is 2.34. The molecule has 0 aliphatic rings. The Balaban J connectivity index is 3.07. The molecule has 0 aliphatic heterocycles. The van der Waals surface area contributed by atoms with E-state index in [4.69, 9.17) is 9.47 Å². The smallest absolute Gasteiger partial charge is 0.283 e. The lowest BCUT2D eigenvalue weighted by Gasteiger charge is -2.10. The van der Waals surface area contributed by atoms with Gasteiger partial charge in [-0.2, -0.15) is 0 Å². The molecule has 1 rings (SSSR count). The number of carbonyl (C=O) groups is 2. The number of methoxy groups -OCH3 is 1. The molecule has 102 valence electrons. The zero-order valence-electron chi connectivity index (χ0n) is 10.5. The lowest BCUT2D eigenvalue weighted by atomic mass is 10.1. The van der Waals surface area contributed by atoms with Crippen LogP contribution in [0.25, 0.3) is 0 Å². The van der Waals surface area contributed by atoms with E-state index in [1.165, 1.54) is 20.1 Å². The third-order valence-corrected chi connectivity index (χ3v) is 2.35. The maximum absolute atomic E-state index is 10.8. The quantitative estimate of drug-likeness (QED) is 0.424. The van der Waals surface area contributed by atoms with E-state index >= 15 is 0 Å². The van der Waals surface area contributed by atoms with Gasteiger partial charge in [0.1, 0.15) is 5.78 Å². The van der Waals surface area contributed by atoms with Crippen LogP contribution in [0.2, 0.25) is 0 Å². The molecule has 0 fully saturated rings. The molecule has 0 heterocycles. The van der Waals surface area contributed by atoms with Crippen LogP contribution in [0.5, 0.6) is 11.5 Å². The minimum Gasteiger partial charge on any atom is -0.493 e. The lowest BCUT2D eigenvalue weighted by molar-refractivity contribution is -0.385. The molecule has 1 aromatic carbocycles. The number of benzene rings is 1. The van der Waals surface area contributed by atoms with Gasteiger partial charge in [-0.3, -0.25) is 19.7 Å². The van der Waals surface area contributed by atoms with Crippen molar-refractivity contribution in [1.82, 2.24) is 0 Å². The van der Waals surface area contributed by atoms with Crippen molar-refractivity contribution >= 4 is 17.8 Å². The standard InChI is InChI=1S/C12H13NO6/c1-8(15)3-4-19-12-6-10(13(16)17)9(7-14)5-11(12)18-2/h5-7H,3-4H2,1-2H3. The predicted octanol–water partition coefficient (Wildman–Crippen LogP) is 1.77. The van der Waals surface area contributed by atoms with Crippen LogP contribution >= 0.6 is 0 Å². The fraction of sp³-hybridized carbons (Fsp3) is 0.333. The van der Waals surface area contributed by atoms with Gasteiger partial charge in [0.25, 0.3) is 5.69 Å². The van der Waals surface area contributed by atoms with Crippen molar-refractivity contribution in [2.45, 2.75) is 13.3 Å². The number of Topliss-reactive ketones (excluding diaryl/α,β-unsaturated/α-hetero) is 1. The van der Waals surface area contributed by atoms with Crippen LogP contribution in [0.1, 0.15) is 23.7 Å². The van der Waals surface area contributed by atoms with Crippen molar-refractivity contribution in [2.24, 2.45) is 0 Å². The molecule has 0 aliphatic carbocycles. The molecule has 19 heavy (non-hydrogen) atoms. The van der Waals surface area contributed by atoms with Crippen LogP contribution in [-0.4, -0.2) is 30.7 Å². The number of carbonyl (C=O) groups excluding carboxylic acids is 2. The van der Waals surface area contributed by atoms with Gasteiger partial charge in [0.05, 0.1) is 30.3 Å². The second-order valence-corrected chi connectivity index (χ2v) is 3.74.